The summed E-state index contributed by atoms with van der Waals surface area (Å²) < 4.78 is 5.06. The van der Waals surface area contributed by atoms with Crippen molar-refractivity contribution in [1.82, 2.24) is 4.98 Å². The van der Waals surface area contributed by atoms with Crippen molar-refractivity contribution >= 4 is 0 Å². The van der Waals surface area contributed by atoms with Gasteiger partial charge in [0, 0.05) is 17.3 Å². The standard InChI is InChI=1S/C13H17NO2/c1-10-11(6-7-12(14-10)16-2)13(15)8-4-3-5-9-13/h4,6-8,15H,3,5,9H2,1-2H3. The molecular weight excluding hydrogens is 202 g/mol. The van der Waals surface area contributed by atoms with Gasteiger partial charge in [-0.15, -0.1) is 0 Å². The van der Waals surface area contributed by atoms with E-state index in [1.54, 1.807) is 13.2 Å². The molecule has 1 aliphatic rings. The topological polar surface area (TPSA) is 42.4 Å². The lowest BCUT2D eigenvalue weighted by Gasteiger charge is -2.29. The lowest BCUT2D eigenvalue weighted by molar-refractivity contribution is 0.0714. The normalized spacial score (nSPS) is 24.4. The van der Waals surface area contributed by atoms with Crippen molar-refractivity contribution in [3.05, 3.63) is 35.5 Å². The van der Waals surface area contributed by atoms with Gasteiger partial charge in [0.1, 0.15) is 5.60 Å². The molecule has 1 aromatic rings. The fourth-order valence-electron chi connectivity index (χ4n) is 2.18. The predicted octanol–water partition coefficient (Wildman–Crippen LogP) is 2.33. The van der Waals surface area contributed by atoms with Crippen LogP contribution < -0.4 is 4.74 Å². The number of aliphatic hydroxyl groups is 1. The van der Waals surface area contributed by atoms with Crippen LogP contribution in [-0.2, 0) is 5.60 Å². The van der Waals surface area contributed by atoms with Crippen LogP contribution in [0.4, 0.5) is 0 Å². The monoisotopic (exact) mass is 219 g/mol. The third-order valence-corrected chi connectivity index (χ3v) is 3.06. The molecule has 0 bridgehead atoms. The maximum absolute atomic E-state index is 10.5. The highest BCUT2D eigenvalue weighted by Gasteiger charge is 2.29. The van der Waals surface area contributed by atoms with Crippen molar-refractivity contribution in [1.29, 1.82) is 0 Å². The summed E-state index contributed by atoms with van der Waals surface area (Å²) in [6.45, 7) is 1.90. The van der Waals surface area contributed by atoms with Gasteiger partial charge in [0.15, 0.2) is 0 Å². The Morgan fingerprint density at radius 3 is 2.81 bits per heavy atom. The van der Waals surface area contributed by atoms with Gasteiger partial charge < -0.3 is 9.84 Å². The number of allylic oxidation sites excluding steroid dienone is 1. The maximum Gasteiger partial charge on any atom is 0.213 e. The number of nitrogens with zero attached hydrogens (tertiary/aromatic N) is 1. The summed E-state index contributed by atoms with van der Waals surface area (Å²) in [5.74, 6) is 0.588. The maximum atomic E-state index is 10.5. The number of aryl methyl sites for hydroxylation is 1. The van der Waals surface area contributed by atoms with Gasteiger partial charge in [-0.2, -0.15) is 0 Å². The third-order valence-electron chi connectivity index (χ3n) is 3.06. The van der Waals surface area contributed by atoms with Crippen molar-refractivity contribution in [2.24, 2.45) is 0 Å². The van der Waals surface area contributed by atoms with E-state index in [1.165, 1.54) is 0 Å². The fourth-order valence-corrected chi connectivity index (χ4v) is 2.18. The molecular formula is C13H17NO2. The molecule has 1 N–H and O–H groups in total. The van der Waals surface area contributed by atoms with Gasteiger partial charge in [-0.05, 0) is 32.3 Å². The summed E-state index contributed by atoms with van der Waals surface area (Å²) >= 11 is 0. The summed E-state index contributed by atoms with van der Waals surface area (Å²) in [7, 11) is 1.59. The number of aromatic nitrogens is 1. The van der Waals surface area contributed by atoms with Crippen molar-refractivity contribution < 1.29 is 9.84 Å². The predicted molar refractivity (Wildman–Crippen MR) is 62.4 cm³/mol. The van der Waals surface area contributed by atoms with Crippen LogP contribution in [0.15, 0.2) is 24.3 Å². The summed E-state index contributed by atoms with van der Waals surface area (Å²) in [5.41, 5.74) is 0.861. The number of hydrogen-bond acceptors (Lipinski definition) is 3. The Bertz CT molecular complexity index is 414. The van der Waals surface area contributed by atoms with Gasteiger partial charge in [0.05, 0.1) is 7.11 Å². The minimum Gasteiger partial charge on any atom is -0.481 e. The first-order valence-corrected chi connectivity index (χ1v) is 5.58. The number of pyridine rings is 1. The highest BCUT2D eigenvalue weighted by atomic mass is 16.5. The highest BCUT2D eigenvalue weighted by Crippen LogP contribution is 2.34. The summed E-state index contributed by atoms with van der Waals surface area (Å²) in [4.78, 5) is 4.30. The van der Waals surface area contributed by atoms with Crippen LogP contribution >= 0.6 is 0 Å². The van der Waals surface area contributed by atoms with Crippen molar-refractivity contribution in [2.45, 2.75) is 31.8 Å². The smallest absolute Gasteiger partial charge is 0.213 e. The minimum atomic E-state index is -0.846. The number of methoxy groups -OCH3 is 1. The molecule has 1 aliphatic carbocycles. The van der Waals surface area contributed by atoms with E-state index < -0.39 is 5.60 Å². The van der Waals surface area contributed by atoms with Crippen molar-refractivity contribution in [3.63, 3.8) is 0 Å². The van der Waals surface area contributed by atoms with Crippen LogP contribution in [0.1, 0.15) is 30.5 Å². The second-order valence-electron chi connectivity index (χ2n) is 4.21. The fraction of sp³-hybridized carbons (Fsp3) is 0.462. The average molecular weight is 219 g/mol. The van der Waals surface area contributed by atoms with E-state index in [4.69, 9.17) is 4.74 Å². The van der Waals surface area contributed by atoms with Gasteiger partial charge in [-0.25, -0.2) is 4.98 Å². The SMILES string of the molecule is COc1ccc(C2(O)C=CCCC2)c(C)n1. The van der Waals surface area contributed by atoms with Gasteiger partial charge >= 0.3 is 0 Å². The molecule has 0 aliphatic heterocycles. The van der Waals surface area contributed by atoms with E-state index in [0.717, 1.165) is 30.5 Å². The minimum absolute atomic E-state index is 0.588. The molecule has 1 aromatic heterocycles. The molecule has 86 valence electrons. The molecule has 1 heterocycles. The van der Waals surface area contributed by atoms with Gasteiger partial charge in [0.25, 0.3) is 0 Å². The molecule has 0 radical (unpaired) electrons. The van der Waals surface area contributed by atoms with Gasteiger partial charge in [-0.3, -0.25) is 0 Å². The first-order chi connectivity index (χ1) is 7.65. The second kappa shape index (κ2) is 4.26. The molecule has 3 heteroatoms. The lowest BCUT2D eigenvalue weighted by Crippen LogP contribution is -2.26. The van der Waals surface area contributed by atoms with E-state index in [9.17, 15) is 5.11 Å². The van der Waals surface area contributed by atoms with Crippen molar-refractivity contribution in [3.8, 4) is 5.88 Å². The highest BCUT2D eigenvalue weighted by molar-refractivity contribution is 5.34. The van der Waals surface area contributed by atoms with Crippen LogP contribution in [0.3, 0.4) is 0 Å². The van der Waals surface area contributed by atoms with Gasteiger partial charge in [0.2, 0.25) is 5.88 Å². The Morgan fingerprint density at radius 1 is 1.44 bits per heavy atom. The Balaban J connectivity index is 2.39. The molecule has 0 saturated heterocycles. The molecule has 0 saturated carbocycles. The molecule has 3 nitrogen and oxygen atoms in total. The largest absolute Gasteiger partial charge is 0.481 e. The third kappa shape index (κ3) is 1.95. The molecule has 2 rings (SSSR count). The Hall–Kier alpha value is -1.35. The van der Waals surface area contributed by atoms with E-state index in [-0.39, 0.29) is 0 Å². The molecule has 16 heavy (non-hydrogen) atoms. The van der Waals surface area contributed by atoms with Crippen LogP contribution in [0.5, 0.6) is 5.88 Å². The Labute approximate surface area is 95.8 Å². The first-order valence-electron chi connectivity index (χ1n) is 5.58. The lowest BCUT2D eigenvalue weighted by atomic mass is 9.84. The number of hydrogen-bond donors (Lipinski definition) is 1. The zero-order valence-corrected chi connectivity index (χ0v) is 9.73. The molecule has 0 aromatic carbocycles. The van der Waals surface area contributed by atoms with Crippen LogP contribution in [0, 0.1) is 6.92 Å². The molecule has 1 atom stereocenters. The van der Waals surface area contributed by atoms with Gasteiger partial charge in [-0.1, -0.05) is 12.2 Å². The Kier molecular flexibility index (Phi) is 2.97. The second-order valence-corrected chi connectivity index (χ2v) is 4.21. The van der Waals surface area contributed by atoms with Crippen LogP contribution in [0.2, 0.25) is 0 Å². The van der Waals surface area contributed by atoms with E-state index in [1.807, 2.05) is 25.1 Å². The molecule has 0 fully saturated rings. The van der Waals surface area contributed by atoms with E-state index >= 15 is 0 Å². The summed E-state index contributed by atoms with van der Waals surface area (Å²) in [5, 5.41) is 10.5. The zero-order valence-electron chi connectivity index (χ0n) is 9.73. The van der Waals surface area contributed by atoms with Crippen molar-refractivity contribution in [2.75, 3.05) is 7.11 Å². The Morgan fingerprint density at radius 2 is 2.25 bits per heavy atom. The average Bonchev–Trinajstić information content (AvgIpc) is 2.29. The summed E-state index contributed by atoms with van der Waals surface area (Å²) in [6.07, 6.45) is 6.74. The number of ether oxygens (including phenoxy) is 1. The van der Waals surface area contributed by atoms with E-state index in [2.05, 4.69) is 4.98 Å². The molecule has 0 amide bonds. The zero-order chi connectivity index (χ0) is 11.6. The first kappa shape index (κ1) is 11.1. The number of rotatable bonds is 2. The van der Waals surface area contributed by atoms with E-state index in [0.29, 0.717) is 5.88 Å². The summed E-state index contributed by atoms with van der Waals surface area (Å²) in [6, 6.07) is 3.69. The van der Waals surface area contributed by atoms with Crippen LogP contribution in [0.25, 0.3) is 0 Å². The van der Waals surface area contributed by atoms with Crippen LogP contribution in [-0.4, -0.2) is 17.2 Å². The quantitative estimate of drug-likeness (QED) is 0.776. The molecule has 1 unspecified atom stereocenters. The molecule has 0 spiro atoms.